The van der Waals surface area contributed by atoms with Crippen molar-refractivity contribution in [1.82, 2.24) is 24.9 Å². The van der Waals surface area contributed by atoms with Crippen molar-refractivity contribution in [3.63, 3.8) is 0 Å². The second-order valence-electron chi connectivity index (χ2n) is 5.77. The van der Waals surface area contributed by atoms with E-state index < -0.39 is 0 Å². The normalized spacial score (nSPS) is 12.5. The van der Waals surface area contributed by atoms with Crippen LogP contribution in [0.2, 0.25) is 0 Å². The maximum absolute atomic E-state index is 4.52. The molecule has 0 radical (unpaired) electrons. The number of thiazole rings is 1. The Kier molecular flexibility index (Phi) is 5.41. The van der Waals surface area contributed by atoms with E-state index in [0.717, 1.165) is 30.8 Å². The van der Waals surface area contributed by atoms with Crippen molar-refractivity contribution in [3.05, 3.63) is 70.6 Å². The number of thioether (sulfide) groups is 1. The molecule has 0 spiro atoms. The van der Waals surface area contributed by atoms with Gasteiger partial charge in [0.05, 0.1) is 5.35 Å². The number of nitrogens with one attached hydrogen (secondary N) is 1. The van der Waals surface area contributed by atoms with Crippen LogP contribution in [-0.4, -0.2) is 24.9 Å². The van der Waals surface area contributed by atoms with Gasteiger partial charge in [-0.1, -0.05) is 41.8 Å². The number of rotatable bonds is 5. The summed E-state index contributed by atoms with van der Waals surface area (Å²) < 4.78 is 0. The molecule has 4 aromatic rings. The topological polar surface area (TPSA) is 76.5 Å². The molecule has 8 heteroatoms. The fourth-order valence-electron chi connectivity index (χ4n) is 2.40. The Morgan fingerprint density at radius 1 is 1.11 bits per heavy atom. The number of hydrogen-bond donors (Lipinski definition) is 1. The summed E-state index contributed by atoms with van der Waals surface area (Å²) in [4.78, 5) is 23.8. The molecule has 4 heterocycles. The Labute approximate surface area is 169 Å². The second-order valence-corrected chi connectivity index (χ2v) is 8.02. The number of allylic oxidation sites excluding steroid dienone is 2. The Hall–Kier alpha value is -3.10. The van der Waals surface area contributed by atoms with Crippen LogP contribution >= 0.6 is 23.1 Å². The Morgan fingerprint density at radius 3 is 2.82 bits per heavy atom. The number of anilines is 2. The molecule has 0 aliphatic rings. The van der Waals surface area contributed by atoms with Crippen molar-refractivity contribution in [2.24, 2.45) is 0 Å². The van der Waals surface area contributed by atoms with E-state index in [0.29, 0.717) is 11.0 Å². The fraction of sp³-hybridized carbons (Fsp3) is 0.0500. The molecule has 0 unspecified atom stereocenters. The standard InChI is InChI=1S/C20H16N6S2/c1-13(27-17-7-3-4-10-21-17)8-9-15-14(2)18(24-12-23-15)26-20-25-16-6-5-11-22-19(16)28-20/h3-12H,2H2,1H3,(H,23,24,25,26)/b13-8+,15-9+. The molecule has 0 atom stereocenters. The van der Waals surface area contributed by atoms with Crippen LogP contribution < -0.4 is 15.9 Å². The molecular weight excluding hydrogens is 388 g/mol. The average molecular weight is 405 g/mol. The van der Waals surface area contributed by atoms with Gasteiger partial charge in [0.15, 0.2) is 5.13 Å². The molecule has 0 aliphatic heterocycles. The van der Waals surface area contributed by atoms with Crippen LogP contribution in [-0.2, 0) is 0 Å². The molecule has 138 valence electrons. The number of hydrogen-bond acceptors (Lipinski definition) is 8. The zero-order valence-electron chi connectivity index (χ0n) is 15.0. The van der Waals surface area contributed by atoms with Gasteiger partial charge in [0.2, 0.25) is 0 Å². The second kappa shape index (κ2) is 8.28. The van der Waals surface area contributed by atoms with Gasteiger partial charge in [-0.05, 0) is 42.2 Å². The third-order valence-corrected chi connectivity index (χ3v) is 5.55. The Balaban J connectivity index is 1.58. The summed E-state index contributed by atoms with van der Waals surface area (Å²) in [6.45, 7) is 6.16. The molecule has 0 saturated heterocycles. The number of aromatic nitrogens is 5. The summed E-state index contributed by atoms with van der Waals surface area (Å²) in [6, 6.07) is 9.66. The smallest absolute Gasteiger partial charge is 0.190 e. The number of fused-ring (bicyclic) bond motifs is 1. The van der Waals surface area contributed by atoms with Gasteiger partial charge in [-0.15, -0.1) is 0 Å². The van der Waals surface area contributed by atoms with Crippen molar-refractivity contribution in [1.29, 1.82) is 0 Å². The van der Waals surface area contributed by atoms with Crippen LogP contribution in [0, 0.1) is 0 Å². The molecule has 0 aliphatic carbocycles. The molecule has 6 nitrogen and oxygen atoms in total. The van der Waals surface area contributed by atoms with Crippen LogP contribution in [0.4, 0.5) is 10.9 Å². The van der Waals surface area contributed by atoms with Gasteiger partial charge < -0.3 is 5.32 Å². The van der Waals surface area contributed by atoms with E-state index in [-0.39, 0.29) is 0 Å². The lowest BCUT2D eigenvalue weighted by Gasteiger charge is -2.01. The number of nitrogens with zero attached hydrogens (tertiary/aromatic N) is 5. The van der Waals surface area contributed by atoms with Gasteiger partial charge in [0.1, 0.15) is 27.5 Å². The Bertz CT molecular complexity index is 1220. The zero-order valence-corrected chi connectivity index (χ0v) is 16.7. The van der Waals surface area contributed by atoms with Crippen LogP contribution in [0.15, 0.2) is 65.1 Å². The quantitative estimate of drug-likeness (QED) is 0.510. The summed E-state index contributed by atoms with van der Waals surface area (Å²) in [5, 5.41) is 6.36. The molecule has 0 bridgehead atoms. The van der Waals surface area contributed by atoms with E-state index in [2.05, 4.69) is 36.8 Å². The summed E-state index contributed by atoms with van der Waals surface area (Å²) >= 11 is 3.07. The minimum Gasteiger partial charge on any atom is -0.316 e. The molecular formula is C20H16N6S2. The van der Waals surface area contributed by atoms with Crippen LogP contribution in [0.5, 0.6) is 0 Å². The summed E-state index contributed by atoms with van der Waals surface area (Å²) in [5.41, 5.74) is 0.853. The van der Waals surface area contributed by atoms with Crippen LogP contribution in [0.1, 0.15) is 6.92 Å². The van der Waals surface area contributed by atoms with Crippen LogP contribution in [0.3, 0.4) is 0 Å². The van der Waals surface area contributed by atoms with Crippen molar-refractivity contribution < 1.29 is 0 Å². The Morgan fingerprint density at radius 2 is 2.00 bits per heavy atom. The highest BCUT2D eigenvalue weighted by Gasteiger charge is 2.06. The van der Waals surface area contributed by atoms with Gasteiger partial charge in [-0.25, -0.2) is 24.9 Å². The van der Waals surface area contributed by atoms with Gasteiger partial charge in [0.25, 0.3) is 0 Å². The van der Waals surface area contributed by atoms with Gasteiger partial charge >= 0.3 is 0 Å². The summed E-state index contributed by atoms with van der Waals surface area (Å²) in [7, 11) is 0. The minimum absolute atomic E-state index is 0.628. The van der Waals surface area contributed by atoms with Gasteiger partial charge in [0, 0.05) is 17.6 Å². The maximum atomic E-state index is 4.52. The van der Waals surface area contributed by atoms with E-state index in [1.165, 1.54) is 17.7 Å². The first kappa shape index (κ1) is 18.3. The molecule has 1 N–H and O–H groups in total. The van der Waals surface area contributed by atoms with E-state index in [9.17, 15) is 0 Å². The molecule has 4 rings (SSSR count). The third kappa shape index (κ3) is 4.24. The monoisotopic (exact) mass is 404 g/mol. The fourth-order valence-corrected chi connectivity index (χ4v) is 3.94. The average Bonchev–Trinajstić information content (AvgIpc) is 3.12. The summed E-state index contributed by atoms with van der Waals surface area (Å²) in [6.07, 6.45) is 8.99. The van der Waals surface area contributed by atoms with E-state index in [1.54, 1.807) is 24.2 Å². The molecule has 0 aromatic carbocycles. The molecule has 0 amide bonds. The first-order chi connectivity index (χ1) is 13.7. The maximum Gasteiger partial charge on any atom is 0.190 e. The lowest BCUT2D eigenvalue weighted by atomic mass is 10.3. The van der Waals surface area contributed by atoms with E-state index >= 15 is 0 Å². The predicted octanol–water partition coefficient (Wildman–Crippen LogP) is 3.51. The third-order valence-electron chi connectivity index (χ3n) is 3.75. The first-order valence-electron chi connectivity index (χ1n) is 8.45. The van der Waals surface area contributed by atoms with Crippen LogP contribution in [0.25, 0.3) is 23.0 Å². The largest absolute Gasteiger partial charge is 0.316 e. The SMILES string of the molecule is C=c1c(Nc2nc3cccnc3s2)ncn/c1=C/C=C(\C)Sc1ccccn1. The highest BCUT2D eigenvalue weighted by atomic mass is 32.2. The molecule has 0 saturated carbocycles. The van der Waals surface area contributed by atoms with Crippen molar-refractivity contribution in [3.8, 4) is 0 Å². The molecule has 4 aromatic heterocycles. The highest BCUT2D eigenvalue weighted by molar-refractivity contribution is 8.03. The van der Waals surface area contributed by atoms with E-state index in [1.807, 2.05) is 49.4 Å². The van der Waals surface area contributed by atoms with Gasteiger partial charge in [-0.2, -0.15) is 0 Å². The number of pyridine rings is 2. The molecule has 0 fully saturated rings. The lowest BCUT2D eigenvalue weighted by Crippen LogP contribution is -2.30. The van der Waals surface area contributed by atoms with E-state index in [4.69, 9.17) is 0 Å². The van der Waals surface area contributed by atoms with Gasteiger partial charge in [-0.3, -0.25) is 0 Å². The summed E-state index contributed by atoms with van der Waals surface area (Å²) in [5.74, 6) is 0.628. The molecule has 28 heavy (non-hydrogen) atoms. The highest BCUT2D eigenvalue weighted by Crippen LogP contribution is 2.25. The lowest BCUT2D eigenvalue weighted by molar-refractivity contribution is 1.10. The first-order valence-corrected chi connectivity index (χ1v) is 10.1. The zero-order chi connectivity index (χ0) is 19.3. The predicted molar refractivity (Wildman–Crippen MR) is 116 cm³/mol. The minimum atomic E-state index is 0.628. The van der Waals surface area contributed by atoms with Crippen molar-refractivity contribution in [2.45, 2.75) is 11.9 Å². The van der Waals surface area contributed by atoms with Crippen molar-refractivity contribution >= 4 is 57.1 Å². The van der Waals surface area contributed by atoms with Crippen molar-refractivity contribution in [2.75, 3.05) is 5.32 Å².